The first-order valence-electron chi connectivity index (χ1n) is 5.74. The van der Waals surface area contributed by atoms with E-state index in [1.807, 2.05) is 6.92 Å². The fourth-order valence-corrected chi connectivity index (χ4v) is 1.55. The van der Waals surface area contributed by atoms with Crippen LogP contribution in [0.25, 0.3) is 11.7 Å². The molecule has 0 unspecified atom stereocenters. The number of rotatable bonds is 4. The average Bonchev–Trinajstić information content (AvgIpc) is 2.94. The van der Waals surface area contributed by atoms with Crippen LogP contribution in [0, 0.1) is 6.92 Å². The normalized spacial score (nSPS) is 10.6. The minimum absolute atomic E-state index is 0.130. The Bertz CT molecular complexity index is 556. The summed E-state index contributed by atoms with van der Waals surface area (Å²) < 4.78 is 15.5. The van der Waals surface area contributed by atoms with E-state index in [0.29, 0.717) is 30.2 Å². The zero-order valence-electron chi connectivity index (χ0n) is 10.5. The lowest BCUT2D eigenvalue weighted by Gasteiger charge is -1.98. The molecule has 96 valence electrons. The number of nitrogens with zero attached hydrogens (tertiary/aromatic N) is 2. The van der Waals surface area contributed by atoms with Gasteiger partial charge in [0.1, 0.15) is 0 Å². The summed E-state index contributed by atoms with van der Waals surface area (Å²) in [5.41, 5.74) is 1.22. The molecule has 0 N–H and O–H groups in total. The zero-order chi connectivity index (χ0) is 13.1. The predicted molar refractivity (Wildman–Crippen MR) is 62.1 cm³/mol. The van der Waals surface area contributed by atoms with Gasteiger partial charge in [0.05, 0.1) is 18.0 Å². The number of aromatic nitrogens is 2. The molecule has 0 fully saturated rings. The molecule has 0 amide bonds. The van der Waals surface area contributed by atoms with Crippen molar-refractivity contribution >= 4 is 5.97 Å². The molecule has 2 rings (SSSR count). The maximum absolute atomic E-state index is 11.7. The van der Waals surface area contributed by atoms with Crippen LogP contribution in [0.3, 0.4) is 0 Å². The van der Waals surface area contributed by atoms with Crippen molar-refractivity contribution in [1.29, 1.82) is 0 Å². The van der Waals surface area contributed by atoms with Crippen molar-refractivity contribution in [3.8, 4) is 11.7 Å². The molecule has 2 aromatic heterocycles. The van der Waals surface area contributed by atoms with Gasteiger partial charge < -0.3 is 13.6 Å². The molecule has 2 heterocycles. The highest BCUT2D eigenvalue weighted by molar-refractivity contribution is 5.88. The highest BCUT2D eigenvalue weighted by Crippen LogP contribution is 2.25. The van der Waals surface area contributed by atoms with Gasteiger partial charge in [-0.1, -0.05) is 6.92 Å². The van der Waals surface area contributed by atoms with Gasteiger partial charge in [0.2, 0.25) is 11.5 Å². The molecule has 6 nitrogen and oxygen atoms in total. The van der Waals surface area contributed by atoms with Gasteiger partial charge in [-0.3, -0.25) is 0 Å². The molecule has 0 aromatic carbocycles. The number of carbonyl (C=O) groups is 1. The summed E-state index contributed by atoms with van der Waals surface area (Å²) >= 11 is 0. The van der Waals surface area contributed by atoms with Gasteiger partial charge in [0.25, 0.3) is 5.89 Å². The summed E-state index contributed by atoms with van der Waals surface area (Å²) in [5.74, 6) is 0.306. The van der Waals surface area contributed by atoms with Crippen molar-refractivity contribution in [3.05, 3.63) is 23.5 Å². The minimum Gasteiger partial charge on any atom is -0.460 e. The maximum Gasteiger partial charge on any atom is 0.376 e. The van der Waals surface area contributed by atoms with Crippen LogP contribution in [0.15, 0.2) is 15.2 Å². The van der Waals surface area contributed by atoms with E-state index in [4.69, 9.17) is 13.6 Å². The third kappa shape index (κ3) is 2.13. The molecule has 0 radical (unpaired) electrons. The summed E-state index contributed by atoms with van der Waals surface area (Å²) in [6, 6.07) is 0. The largest absolute Gasteiger partial charge is 0.460 e. The van der Waals surface area contributed by atoms with Crippen molar-refractivity contribution in [2.75, 3.05) is 6.61 Å². The predicted octanol–water partition coefficient (Wildman–Crippen LogP) is 2.38. The molecular weight excluding hydrogens is 236 g/mol. The Morgan fingerprint density at radius 2 is 2.22 bits per heavy atom. The number of oxazole rings is 2. The topological polar surface area (TPSA) is 78.4 Å². The van der Waals surface area contributed by atoms with E-state index >= 15 is 0 Å². The minimum atomic E-state index is -0.509. The van der Waals surface area contributed by atoms with Crippen LogP contribution in [-0.2, 0) is 11.2 Å². The molecule has 0 aliphatic rings. The van der Waals surface area contributed by atoms with Gasteiger partial charge in [-0.15, -0.1) is 0 Å². The molecule has 2 aromatic rings. The third-order valence-electron chi connectivity index (χ3n) is 2.43. The summed E-state index contributed by atoms with van der Waals surface area (Å²) in [6.07, 6.45) is 1.88. The molecule has 0 aliphatic heterocycles. The van der Waals surface area contributed by atoms with Crippen LogP contribution < -0.4 is 0 Å². The van der Waals surface area contributed by atoms with Crippen LogP contribution in [0.2, 0.25) is 0 Å². The lowest BCUT2D eigenvalue weighted by atomic mass is 10.3. The summed E-state index contributed by atoms with van der Waals surface area (Å²) in [7, 11) is 0. The molecule has 0 atom stereocenters. The highest BCUT2D eigenvalue weighted by Gasteiger charge is 2.23. The Morgan fingerprint density at radius 3 is 2.78 bits per heavy atom. The van der Waals surface area contributed by atoms with Gasteiger partial charge in [0.15, 0.2) is 6.39 Å². The molecule has 0 bridgehead atoms. The second-order valence-corrected chi connectivity index (χ2v) is 3.64. The van der Waals surface area contributed by atoms with Crippen LogP contribution in [0.4, 0.5) is 0 Å². The second-order valence-electron chi connectivity index (χ2n) is 3.64. The van der Waals surface area contributed by atoms with Crippen molar-refractivity contribution in [2.45, 2.75) is 27.2 Å². The lowest BCUT2D eigenvalue weighted by molar-refractivity contribution is 0.0489. The average molecular weight is 250 g/mol. The first kappa shape index (κ1) is 12.3. The van der Waals surface area contributed by atoms with Gasteiger partial charge in [0, 0.05) is 0 Å². The van der Waals surface area contributed by atoms with Crippen LogP contribution >= 0.6 is 0 Å². The molecular formula is C12H14N2O4. The van der Waals surface area contributed by atoms with Crippen LogP contribution in [-0.4, -0.2) is 22.5 Å². The van der Waals surface area contributed by atoms with Crippen molar-refractivity contribution in [2.24, 2.45) is 0 Å². The summed E-state index contributed by atoms with van der Waals surface area (Å²) in [6.45, 7) is 5.69. The van der Waals surface area contributed by atoms with E-state index in [0.717, 1.165) is 0 Å². The second kappa shape index (κ2) is 5.03. The number of hydrogen-bond donors (Lipinski definition) is 0. The standard InChI is InChI=1S/C12H14N2O4/c1-4-8-10(12(15)16-5-2)18-11(14-8)9-7(3)13-6-17-9/h6H,4-5H2,1-3H3. The van der Waals surface area contributed by atoms with E-state index < -0.39 is 5.97 Å². The number of carbonyl (C=O) groups excluding carboxylic acids is 1. The van der Waals surface area contributed by atoms with Gasteiger partial charge in [-0.2, -0.15) is 0 Å². The van der Waals surface area contributed by atoms with Crippen LogP contribution in [0.1, 0.15) is 35.8 Å². The third-order valence-corrected chi connectivity index (χ3v) is 2.43. The zero-order valence-corrected chi connectivity index (χ0v) is 10.5. The Labute approximate surface area is 104 Å². The Kier molecular flexibility index (Phi) is 3.45. The van der Waals surface area contributed by atoms with E-state index in [1.54, 1.807) is 13.8 Å². The first-order chi connectivity index (χ1) is 8.67. The summed E-state index contributed by atoms with van der Waals surface area (Å²) in [5, 5.41) is 0. The molecule has 0 spiro atoms. The van der Waals surface area contributed by atoms with Gasteiger partial charge >= 0.3 is 5.97 Å². The number of esters is 1. The fourth-order valence-electron chi connectivity index (χ4n) is 1.55. The fraction of sp³-hybridized carbons (Fsp3) is 0.417. The van der Waals surface area contributed by atoms with E-state index in [1.165, 1.54) is 6.39 Å². The monoisotopic (exact) mass is 250 g/mol. The summed E-state index contributed by atoms with van der Waals surface area (Å²) in [4.78, 5) is 19.9. The van der Waals surface area contributed by atoms with Gasteiger partial charge in [-0.25, -0.2) is 14.8 Å². The Hall–Kier alpha value is -2.11. The molecule has 18 heavy (non-hydrogen) atoms. The van der Waals surface area contributed by atoms with Crippen molar-refractivity contribution in [1.82, 2.24) is 9.97 Å². The number of aryl methyl sites for hydroxylation is 2. The molecule has 0 saturated heterocycles. The van der Waals surface area contributed by atoms with E-state index in [9.17, 15) is 4.79 Å². The lowest BCUT2D eigenvalue weighted by Crippen LogP contribution is -2.05. The Morgan fingerprint density at radius 1 is 1.44 bits per heavy atom. The quantitative estimate of drug-likeness (QED) is 0.775. The number of ether oxygens (including phenoxy) is 1. The Balaban J connectivity index is 2.41. The molecule has 6 heteroatoms. The number of hydrogen-bond acceptors (Lipinski definition) is 6. The van der Waals surface area contributed by atoms with E-state index in [-0.39, 0.29) is 11.7 Å². The smallest absolute Gasteiger partial charge is 0.376 e. The van der Waals surface area contributed by atoms with E-state index in [2.05, 4.69) is 9.97 Å². The molecule has 0 saturated carbocycles. The van der Waals surface area contributed by atoms with Crippen molar-refractivity contribution < 1.29 is 18.4 Å². The highest BCUT2D eigenvalue weighted by atomic mass is 16.5. The first-order valence-corrected chi connectivity index (χ1v) is 5.74. The van der Waals surface area contributed by atoms with Gasteiger partial charge in [-0.05, 0) is 20.3 Å². The van der Waals surface area contributed by atoms with Crippen molar-refractivity contribution in [3.63, 3.8) is 0 Å². The maximum atomic E-state index is 11.7. The SMILES string of the molecule is CCOC(=O)c1oc(-c2ocnc2C)nc1CC. The molecule has 0 aliphatic carbocycles. The van der Waals surface area contributed by atoms with Crippen LogP contribution in [0.5, 0.6) is 0 Å².